The minimum Gasteiger partial charge on any atom is -0.399 e. The minimum atomic E-state index is 0. The fourth-order valence-corrected chi connectivity index (χ4v) is 0.559. The molecular weight excluding hydrogens is 100 g/mol. The molecule has 0 saturated carbocycles. The van der Waals surface area contributed by atoms with E-state index in [0.29, 0.717) is 11.4 Å². The molecule has 2 heteroatoms. The van der Waals surface area contributed by atoms with Gasteiger partial charge in [-0.05, 0) is 18.2 Å². The maximum atomic E-state index is 5.38. The van der Waals surface area contributed by atoms with Gasteiger partial charge in [0.15, 0.2) is 0 Å². The largest absolute Gasteiger partial charge is 1.00 e. The van der Waals surface area contributed by atoms with E-state index < -0.39 is 0 Å². The molecule has 1 aromatic rings. The summed E-state index contributed by atoms with van der Waals surface area (Å²) in [4.78, 5) is 0. The van der Waals surface area contributed by atoms with Gasteiger partial charge in [0, 0.05) is 11.4 Å². The highest BCUT2D eigenvalue weighted by Gasteiger charge is 1.81. The van der Waals surface area contributed by atoms with Crippen molar-refractivity contribution in [3.8, 4) is 0 Å². The van der Waals surface area contributed by atoms with Crippen molar-refractivity contribution in [3.05, 3.63) is 24.3 Å². The zero-order chi connectivity index (χ0) is 5.98. The Labute approximate surface area is 49.6 Å². The summed E-state index contributed by atoms with van der Waals surface area (Å²) in [5.41, 5.74) is 12.2. The van der Waals surface area contributed by atoms with Crippen molar-refractivity contribution >= 4 is 11.4 Å². The summed E-state index contributed by atoms with van der Waals surface area (Å²) in [5, 5.41) is 0. The molecule has 0 aromatic heterocycles. The van der Waals surface area contributed by atoms with Crippen molar-refractivity contribution in [2.75, 3.05) is 11.5 Å². The monoisotopic (exact) mass is 109 g/mol. The lowest BCUT2D eigenvalue weighted by molar-refractivity contribution is 1.67. The lowest BCUT2D eigenvalue weighted by Gasteiger charge is -1.91. The minimum absolute atomic E-state index is 0. The molecule has 1 aromatic carbocycles. The Balaban J connectivity index is 0.000000640. The maximum Gasteiger partial charge on any atom is 1.00 e. The molecule has 42 valence electrons. The Morgan fingerprint density at radius 3 is 1.88 bits per heavy atom. The number of hydrogen-bond donors (Lipinski definition) is 2. The second-order valence-electron chi connectivity index (χ2n) is 1.67. The Kier molecular flexibility index (Phi) is 1.08. The maximum absolute atomic E-state index is 5.38. The van der Waals surface area contributed by atoms with E-state index in [2.05, 4.69) is 0 Å². The molecule has 0 bridgehead atoms. The van der Waals surface area contributed by atoms with Crippen LogP contribution in [0.1, 0.15) is 1.43 Å². The van der Waals surface area contributed by atoms with Crippen LogP contribution in [0.3, 0.4) is 0 Å². The van der Waals surface area contributed by atoms with Gasteiger partial charge in [-0.3, -0.25) is 0 Å². The summed E-state index contributed by atoms with van der Waals surface area (Å²) in [6, 6.07) is 7.15. The van der Waals surface area contributed by atoms with Gasteiger partial charge in [0.05, 0.1) is 0 Å². The second kappa shape index (κ2) is 1.74. The first-order valence-electron chi connectivity index (χ1n) is 2.40. The molecule has 0 radical (unpaired) electrons. The lowest BCUT2D eigenvalue weighted by Crippen LogP contribution is -1.87. The van der Waals surface area contributed by atoms with Crippen molar-refractivity contribution in [1.29, 1.82) is 0 Å². The molecule has 0 heterocycles. The van der Waals surface area contributed by atoms with E-state index in [1.807, 2.05) is 6.07 Å². The molecule has 1 rings (SSSR count). The smallest absolute Gasteiger partial charge is 0.399 e. The van der Waals surface area contributed by atoms with Crippen LogP contribution in [-0.4, -0.2) is 0 Å². The van der Waals surface area contributed by atoms with Gasteiger partial charge >= 0.3 is 1.43 Å². The number of nitrogens with two attached hydrogens (primary N) is 2. The zero-order valence-electron chi connectivity index (χ0n) is 5.46. The summed E-state index contributed by atoms with van der Waals surface area (Å²) >= 11 is 0. The third-order valence-electron chi connectivity index (χ3n) is 0.911. The third-order valence-corrected chi connectivity index (χ3v) is 0.911. The van der Waals surface area contributed by atoms with Crippen LogP contribution >= 0.6 is 0 Å². The Morgan fingerprint density at radius 2 is 1.62 bits per heavy atom. The average Bonchev–Trinajstić information content (AvgIpc) is 1.64. The zero-order valence-corrected chi connectivity index (χ0v) is 4.46. The van der Waals surface area contributed by atoms with Crippen LogP contribution in [0.4, 0.5) is 11.4 Å². The van der Waals surface area contributed by atoms with E-state index in [4.69, 9.17) is 11.5 Å². The van der Waals surface area contributed by atoms with Crippen LogP contribution in [0.5, 0.6) is 0 Å². The second-order valence-corrected chi connectivity index (χ2v) is 1.67. The average molecular weight is 109 g/mol. The Bertz CT molecular complexity index is 171. The molecule has 0 aliphatic carbocycles. The van der Waals surface area contributed by atoms with E-state index in [1.54, 1.807) is 18.2 Å². The Hall–Kier alpha value is -1.18. The van der Waals surface area contributed by atoms with E-state index in [1.165, 1.54) is 0 Å². The van der Waals surface area contributed by atoms with Crippen LogP contribution in [0, 0.1) is 0 Å². The predicted molar refractivity (Wildman–Crippen MR) is 36.4 cm³/mol. The molecule has 0 spiro atoms. The Morgan fingerprint density at radius 1 is 1.12 bits per heavy atom. The number of anilines is 2. The first-order chi connectivity index (χ1) is 3.79. The first kappa shape index (κ1) is 4.97. The van der Waals surface area contributed by atoms with Gasteiger partial charge in [0.2, 0.25) is 0 Å². The van der Waals surface area contributed by atoms with Crippen LogP contribution in [0.15, 0.2) is 24.3 Å². The number of benzene rings is 1. The topological polar surface area (TPSA) is 52.0 Å². The van der Waals surface area contributed by atoms with E-state index >= 15 is 0 Å². The van der Waals surface area contributed by atoms with Crippen molar-refractivity contribution in [2.45, 2.75) is 0 Å². The van der Waals surface area contributed by atoms with Gasteiger partial charge in [-0.25, -0.2) is 0 Å². The molecule has 0 unspecified atom stereocenters. The van der Waals surface area contributed by atoms with Crippen molar-refractivity contribution in [2.24, 2.45) is 0 Å². The molecule has 0 fully saturated rings. The van der Waals surface area contributed by atoms with Crippen LogP contribution < -0.4 is 11.5 Å². The van der Waals surface area contributed by atoms with Gasteiger partial charge in [0.25, 0.3) is 0 Å². The van der Waals surface area contributed by atoms with Gasteiger partial charge in [-0.1, -0.05) is 6.07 Å². The molecule has 0 atom stereocenters. The SMILES string of the molecule is Nc1cccc(N)c1.[H+]. The molecule has 0 aliphatic rings. The van der Waals surface area contributed by atoms with Crippen molar-refractivity contribution < 1.29 is 1.43 Å². The van der Waals surface area contributed by atoms with Crippen molar-refractivity contribution in [1.82, 2.24) is 0 Å². The van der Waals surface area contributed by atoms with Gasteiger partial charge in [0.1, 0.15) is 0 Å². The van der Waals surface area contributed by atoms with Crippen molar-refractivity contribution in [3.63, 3.8) is 0 Å². The lowest BCUT2D eigenvalue weighted by atomic mass is 10.3. The van der Waals surface area contributed by atoms with Gasteiger partial charge < -0.3 is 11.5 Å². The first-order valence-corrected chi connectivity index (χ1v) is 2.40. The number of nitrogen functional groups attached to an aromatic ring is 2. The van der Waals surface area contributed by atoms with E-state index in [9.17, 15) is 0 Å². The summed E-state index contributed by atoms with van der Waals surface area (Å²) in [7, 11) is 0. The molecular formula is C6H9N2+. The molecule has 2 nitrogen and oxygen atoms in total. The van der Waals surface area contributed by atoms with Gasteiger partial charge in [-0.2, -0.15) is 0 Å². The number of rotatable bonds is 0. The molecule has 0 saturated heterocycles. The number of hydrogen-bond acceptors (Lipinski definition) is 2. The van der Waals surface area contributed by atoms with Crippen LogP contribution in [-0.2, 0) is 0 Å². The normalized spacial score (nSPS) is 9.00. The van der Waals surface area contributed by atoms with Crippen LogP contribution in [0.25, 0.3) is 0 Å². The fourth-order valence-electron chi connectivity index (χ4n) is 0.559. The van der Waals surface area contributed by atoms with Crippen LogP contribution in [0.2, 0.25) is 0 Å². The third kappa shape index (κ3) is 0.904. The molecule has 0 aliphatic heterocycles. The highest BCUT2D eigenvalue weighted by atomic mass is 14.6. The summed E-state index contributed by atoms with van der Waals surface area (Å²) in [5.74, 6) is 0. The predicted octanol–water partition coefficient (Wildman–Crippen LogP) is 0.964. The highest BCUT2D eigenvalue weighted by Crippen LogP contribution is 2.06. The highest BCUT2D eigenvalue weighted by molar-refractivity contribution is 5.50. The fraction of sp³-hybridized carbons (Fsp3) is 0. The molecule has 8 heavy (non-hydrogen) atoms. The van der Waals surface area contributed by atoms with Gasteiger partial charge in [-0.15, -0.1) is 0 Å². The quantitative estimate of drug-likeness (QED) is 0.487. The molecule has 0 amide bonds. The summed E-state index contributed by atoms with van der Waals surface area (Å²) < 4.78 is 0. The summed E-state index contributed by atoms with van der Waals surface area (Å²) in [6.07, 6.45) is 0. The molecule has 4 N–H and O–H groups in total. The van der Waals surface area contributed by atoms with E-state index in [-0.39, 0.29) is 1.43 Å². The van der Waals surface area contributed by atoms with E-state index in [0.717, 1.165) is 0 Å². The standard InChI is InChI=1S/C6H8N2/c7-5-2-1-3-6(8)4-5/h1-4H,7-8H2/p+1. The summed E-state index contributed by atoms with van der Waals surface area (Å²) in [6.45, 7) is 0.